The van der Waals surface area contributed by atoms with Crippen molar-refractivity contribution < 1.29 is 4.79 Å². The molecule has 0 unspecified atom stereocenters. The molecule has 0 aromatic rings. The van der Waals surface area contributed by atoms with Crippen molar-refractivity contribution in [2.45, 2.75) is 0 Å². The summed E-state index contributed by atoms with van der Waals surface area (Å²) in [7, 11) is 3.38. The van der Waals surface area contributed by atoms with E-state index in [1.54, 1.807) is 14.1 Å². The third-order valence-electron chi connectivity index (χ3n) is 0.211. The number of hydrogen-bond acceptors (Lipinski definition) is 1. The van der Waals surface area contributed by atoms with Crippen LogP contribution < -0.4 is 0 Å². The van der Waals surface area contributed by atoms with Gasteiger partial charge in [-0.1, -0.05) is 0 Å². The van der Waals surface area contributed by atoms with Crippen LogP contribution in [0.5, 0.6) is 0 Å². The number of carbonyl (C=O) groups is 1. The number of rotatable bonds is 1. The molecule has 0 aromatic heterocycles. The molecule has 0 fully saturated rings. The first-order valence-corrected chi connectivity index (χ1v) is 1.39. The van der Waals surface area contributed by atoms with Gasteiger partial charge in [-0.15, -0.1) is 17.0 Å². The standard InChI is InChI=1S/C3H7NO.BrH/c1-4(2)3-5;/h3H,1-2H3;1H. The van der Waals surface area contributed by atoms with E-state index in [0.29, 0.717) is 0 Å². The van der Waals surface area contributed by atoms with Crippen LogP contribution in [0.25, 0.3) is 0 Å². The fourth-order valence-corrected chi connectivity index (χ4v) is 0. The van der Waals surface area contributed by atoms with Gasteiger partial charge >= 0.3 is 0 Å². The van der Waals surface area contributed by atoms with Gasteiger partial charge in [0.25, 0.3) is 0 Å². The maximum atomic E-state index is 9.43. The van der Waals surface area contributed by atoms with Gasteiger partial charge in [0.05, 0.1) is 0 Å². The van der Waals surface area contributed by atoms with Crippen LogP contribution >= 0.6 is 17.0 Å². The summed E-state index contributed by atoms with van der Waals surface area (Å²) in [4.78, 5) is 10.9. The van der Waals surface area contributed by atoms with E-state index in [1.807, 2.05) is 0 Å². The molecule has 0 aliphatic rings. The molecule has 0 spiro atoms. The summed E-state index contributed by atoms with van der Waals surface area (Å²) in [6, 6.07) is 0. The van der Waals surface area contributed by atoms with Crippen molar-refractivity contribution in [1.29, 1.82) is 0 Å². The minimum atomic E-state index is 0. The van der Waals surface area contributed by atoms with Crippen LogP contribution in [-0.4, -0.2) is 25.4 Å². The summed E-state index contributed by atoms with van der Waals surface area (Å²) in [5.41, 5.74) is 0. The molecule has 38 valence electrons. The molecular formula is C3H8BrNO. The van der Waals surface area contributed by atoms with Crippen LogP contribution in [-0.2, 0) is 4.79 Å². The van der Waals surface area contributed by atoms with Gasteiger partial charge in [-0.2, -0.15) is 0 Å². The molecule has 0 rings (SSSR count). The maximum Gasteiger partial charge on any atom is 0.209 e. The van der Waals surface area contributed by atoms with E-state index < -0.39 is 0 Å². The summed E-state index contributed by atoms with van der Waals surface area (Å²) in [6.07, 6.45) is 0.750. The Hall–Kier alpha value is -0.0500. The van der Waals surface area contributed by atoms with Crippen LogP contribution in [0, 0.1) is 0 Å². The lowest BCUT2D eigenvalue weighted by Gasteiger charge is -1.93. The average Bonchev–Trinajstić information content (AvgIpc) is 1.38. The quantitative estimate of drug-likeness (QED) is 0.497. The maximum absolute atomic E-state index is 9.43. The average molecular weight is 154 g/mol. The molecule has 0 atom stereocenters. The normalized spacial score (nSPS) is 5.67. The zero-order valence-corrected chi connectivity index (χ0v) is 5.55. The lowest BCUT2D eigenvalue weighted by Crippen LogP contribution is -2.06. The Kier molecular flexibility index (Phi) is 7.71. The molecule has 0 N–H and O–H groups in total. The van der Waals surface area contributed by atoms with Gasteiger partial charge < -0.3 is 4.90 Å². The third-order valence-corrected chi connectivity index (χ3v) is 0.211. The topological polar surface area (TPSA) is 20.3 Å². The highest BCUT2D eigenvalue weighted by Gasteiger charge is 1.68. The van der Waals surface area contributed by atoms with Crippen molar-refractivity contribution in [2.24, 2.45) is 0 Å². The van der Waals surface area contributed by atoms with E-state index in [4.69, 9.17) is 0 Å². The zero-order chi connectivity index (χ0) is 4.28. The lowest BCUT2D eigenvalue weighted by molar-refractivity contribution is -0.115. The number of amides is 1. The van der Waals surface area contributed by atoms with Gasteiger partial charge in [0, 0.05) is 14.1 Å². The monoisotopic (exact) mass is 153 g/mol. The first kappa shape index (κ1) is 9.34. The molecule has 0 heterocycles. The first-order valence-electron chi connectivity index (χ1n) is 1.39. The molecule has 1 amide bonds. The molecule has 3 heteroatoms. The highest BCUT2D eigenvalue weighted by molar-refractivity contribution is 8.93. The Morgan fingerprint density at radius 3 is 1.67 bits per heavy atom. The molecule has 2 nitrogen and oxygen atoms in total. The van der Waals surface area contributed by atoms with E-state index in [-0.39, 0.29) is 17.0 Å². The highest BCUT2D eigenvalue weighted by atomic mass is 79.9. The number of halogens is 1. The summed E-state index contributed by atoms with van der Waals surface area (Å²) >= 11 is 0. The predicted molar refractivity (Wildman–Crippen MR) is 30.1 cm³/mol. The zero-order valence-electron chi connectivity index (χ0n) is 3.84. The molecule has 6 heavy (non-hydrogen) atoms. The Balaban J connectivity index is 0. The van der Waals surface area contributed by atoms with Gasteiger partial charge in [-0.25, -0.2) is 0 Å². The number of nitrogens with zero attached hydrogens (tertiary/aromatic N) is 1. The predicted octanol–water partition coefficient (Wildman–Crippen LogP) is 0.282. The Morgan fingerprint density at radius 2 is 1.67 bits per heavy atom. The highest BCUT2D eigenvalue weighted by Crippen LogP contribution is 1.52. The van der Waals surface area contributed by atoms with Gasteiger partial charge in [0.1, 0.15) is 0 Å². The fourth-order valence-electron chi connectivity index (χ4n) is 0. The van der Waals surface area contributed by atoms with Crippen molar-refractivity contribution in [3.63, 3.8) is 0 Å². The molecule has 0 bridgehead atoms. The van der Waals surface area contributed by atoms with Crippen LogP contribution in [0.3, 0.4) is 0 Å². The second kappa shape index (κ2) is 4.95. The fraction of sp³-hybridized carbons (Fsp3) is 0.667. The molecule has 0 radical (unpaired) electrons. The van der Waals surface area contributed by atoms with Crippen molar-refractivity contribution in [2.75, 3.05) is 14.1 Å². The van der Waals surface area contributed by atoms with Crippen LogP contribution in [0.4, 0.5) is 0 Å². The molecule has 0 aliphatic heterocycles. The Morgan fingerprint density at radius 1 is 1.50 bits per heavy atom. The van der Waals surface area contributed by atoms with Gasteiger partial charge in [0.15, 0.2) is 0 Å². The van der Waals surface area contributed by atoms with E-state index in [0.717, 1.165) is 6.41 Å². The summed E-state index contributed by atoms with van der Waals surface area (Å²) < 4.78 is 0. The lowest BCUT2D eigenvalue weighted by atomic mass is 11.0. The van der Waals surface area contributed by atoms with E-state index in [2.05, 4.69) is 0 Å². The Bertz CT molecular complexity index is 37.8. The molecule has 0 aromatic carbocycles. The first-order chi connectivity index (χ1) is 2.27. The number of hydrogen-bond donors (Lipinski definition) is 0. The van der Waals surface area contributed by atoms with E-state index in [1.165, 1.54) is 4.90 Å². The Labute approximate surface area is 47.9 Å². The summed E-state index contributed by atoms with van der Waals surface area (Å²) in [5.74, 6) is 0. The SMILES string of the molecule is Br.CN(C)C=O. The smallest absolute Gasteiger partial charge is 0.209 e. The largest absolute Gasteiger partial charge is 0.351 e. The molecule has 0 saturated carbocycles. The minimum absolute atomic E-state index is 0. The third kappa shape index (κ3) is 9.04. The van der Waals surface area contributed by atoms with Gasteiger partial charge in [0.2, 0.25) is 6.41 Å². The summed E-state index contributed by atoms with van der Waals surface area (Å²) in [6.45, 7) is 0. The van der Waals surface area contributed by atoms with Crippen LogP contribution in [0.1, 0.15) is 0 Å². The van der Waals surface area contributed by atoms with Gasteiger partial charge in [-0.05, 0) is 0 Å². The minimum Gasteiger partial charge on any atom is -0.351 e. The van der Waals surface area contributed by atoms with E-state index in [9.17, 15) is 4.79 Å². The molecular weight excluding hydrogens is 146 g/mol. The second-order valence-corrected chi connectivity index (χ2v) is 1.07. The van der Waals surface area contributed by atoms with Crippen molar-refractivity contribution in [3.05, 3.63) is 0 Å². The number of carbonyl (C=O) groups excluding carboxylic acids is 1. The second-order valence-electron chi connectivity index (χ2n) is 1.07. The van der Waals surface area contributed by atoms with Crippen LogP contribution in [0.15, 0.2) is 0 Å². The van der Waals surface area contributed by atoms with E-state index >= 15 is 0 Å². The van der Waals surface area contributed by atoms with Crippen molar-refractivity contribution >= 4 is 23.4 Å². The van der Waals surface area contributed by atoms with Crippen LogP contribution in [0.2, 0.25) is 0 Å². The van der Waals surface area contributed by atoms with Crippen molar-refractivity contribution in [1.82, 2.24) is 4.90 Å². The molecule has 0 saturated heterocycles. The summed E-state index contributed by atoms with van der Waals surface area (Å²) in [5, 5.41) is 0. The van der Waals surface area contributed by atoms with Crippen molar-refractivity contribution in [3.8, 4) is 0 Å². The van der Waals surface area contributed by atoms with Gasteiger partial charge in [-0.3, -0.25) is 4.79 Å². The molecule has 0 aliphatic carbocycles.